The number of benzene rings is 1. The Hall–Kier alpha value is -2.82. The van der Waals surface area contributed by atoms with Gasteiger partial charge >= 0.3 is 0 Å². The summed E-state index contributed by atoms with van der Waals surface area (Å²) in [5.74, 6) is 1.27. The molecule has 32 heavy (non-hydrogen) atoms. The van der Waals surface area contributed by atoms with E-state index in [1.54, 1.807) is 18.2 Å². The molecule has 1 aromatic carbocycles. The molecule has 0 atom stereocenters. The highest BCUT2D eigenvalue weighted by Gasteiger charge is 2.29. The highest BCUT2D eigenvalue weighted by atomic mass is 32.2. The summed E-state index contributed by atoms with van der Waals surface area (Å²) in [5.41, 5.74) is 9.32. The summed E-state index contributed by atoms with van der Waals surface area (Å²) in [7, 11) is -3.70. The Kier molecular flexibility index (Phi) is 5.23. The van der Waals surface area contributed by atoms with E-state index in [0.29, 0.717) is 48.0 Å². The van der Waals surface area contributed by atoms with Crippen LogP contribution in [0.15, 0.2) is 39.9 Å². The molecular formula is C22H25N5O4S. The van der Waals surface area contributed by atoms with Gasteiger partial charge in [0, 0.05) is 24.1 Å². The van der Waals surface area contributed by atoms with Crippen molar-refractivity contribution >= 4 is 15.8 Å². The standard InChI is InChI=1S/C22H25N5O4S/c1-12-2-5-16(32(29,30)25-10-13-6-15(28)7-13)8-17(12)19-11-24-22(23)21(26-19)20-9-18(27-31-20)14-3-4-14/h2,5,8-9,11,13-15,25,28H,3-4,6-7,10H2,1H3,(H2,23,24)/t13-,15-. The predicted octanol–water partition coefficient (Wildman–Crippen LogP) is 2.62. The van der Waals surface area contributed by atoms with E-state index in [4.69, 9.17) is 10.3 Å². The average molecular weight is 456 g/mol. The van der Waals surface area contributed by atoms with Gasteiger partial charge in [-0.05, 0) is 56.2 Å². The number of rotatable bonds is 7. The molecule has 0 radical (unpaired) electrons. The summed E-state index contributed by atoms with van der Waals surface area (Å²) >= 11 is 0. The molecule has 10 heteroatoms. The van der Waals surface area contributed by atoms with Crippen molar-refractivity contribution in [3.63, 3.8) is 0 Å². The molecule has 4 N–H and O–H groups in total. The molecule has 168 valence electrons. The second-order valence-corrected chi connectivity index (χ2v) is 10.5. The number of hydrogen-bond acceptors (Lipinski definition) is 8. The smallest absolute Gasteiger partial charge is 0.240 e. The topological polar surface area (TPSA) is 144 Å². The van der Waals surface area contributed by atoms with Gasteiger partial charge in [0.2, 0.25) is 10.0 Å². The number of nitrogens with zero attached hydrogens (tertiary/aromatic N) is 3. The van der Waals surface area contributed by atoms with Crippen LogP contribution in [0.3, 0.4) is 0 Å². The fourth-order valence-corrected chi connectivity index (χ4v) is 5.05. The molecule has 5 rings (SSSR count). The Labute approximate surface area is 186 Å². The zero-order valence-corrected chi connectivity index (χ0v) is 18.5. The molecule has 0 saturated heterocycles. The lowest BCUT2D eigenvalue weighted by Gasteiger charge is -2.31. The quantitative estimate of drug-likeness (QED) is 0.493. The van der Waals surface area contributed by atoms with Crippen LogP contribution >= 0.6 is 0 Å². The van der Waals surface area contributed by atoms with E-state index in [9.17, 15) is 13.5 Å². The summed E-state index contributed by atoms with van der Waals surface area (Å²) in [6, 6.07) is 6.75. The highest BCUT2D eigenvalue weighted by Crippen LogP contribution is 2.41. The van der Waals surface area contributed by atoms with Crippen LogP contribution in [0.25, 0.3) is 22.7 Å². The van der Waals surface area contributed by atoms with Crippen LogP contribution in [-0.4, -0.2) is 41.3 Å². The third kappa shape index (κ3) is 4.13. The first-order chi connectivity index (χ1) is 15.3. The van der Waals surface area contributed by atoms with Crippen LogP contribution in [0.4, 0.5) is 5.82 Å². The number of aliphatic hydroxyl groups excluding tert-OH is 1. The number of aromatic nitrogens is 3. The molecule has 9 nitrogen and oxygen atoms in total. The number of hydrogen-bond donors (Lipinski definition) is 3. The Balaban J connectivity index is 1.44. The van der Waals surface area contributed by atoms with E-state index in [-0.39, 0.29) is 22.7 Å². The maximum Gasteiger partial charge on any atom is 0.240 e. The SMILES string of the molecule is Cc1ccc(S(=O)(=O)NC[C@H]2C[C@H](O)C2)cc1-c1cnc(N)c(-c2cc(C3CC3)no2)n1. The fraction of sp³-hybridized carbons (Fsp3) is 0.409. The molecule has 2 aliphatic carbocycles. The Morgan fingerprint density at radius 3 is 2.75 bits per heavy atom. The first kappa shape index (κ1) is 21.0. The molecule has 2 aliphatic rings. The second kappa shape index (κ2) is 7.95. The first-order valence-corrected chi connectivity index (χ1v) is 12.2. The summed E-state index contributed by atoms with van der Waals surface area (Å²) in [6.07, 6.45) is 4.65. The van der Waals surface area contributed by atoms with Crippen molar-refractivity contribution in [3.8, 4) is 22.7 Å². The normalized spacial score (nSPS) is 20.8. The Morgan fingerprint density at radius 2 is 2.03 bits per heavy atom. The number of aliphatic hydroxyl groups is 1. The van der Waals surface area contributed by atoms with Gasteiger partial charge in [-0.2, -0.15) is 0 Å². The lowest BCUT2D eigenvalue weighted by molar-refractivity contribution is 0.0453. The van der Waals surface area contributed by atoms with Gasteiger partial charge in [0.15, 0.2) is 17.3 Å². The minimum atomic E-state index is -3.70. The van der Waals surface area contributed by atoms with Gasteiger partial charge in [0.05, 0.1) is 28.6 Å². The molecule has 0 spiro atoms. The van der Waals surface area contributed by atoms with Crippen LogP contribution in [0, 0.1) is 12.8 Å². The molecule has 0 aliphatic heterocycles. The van der Waals surface area contributed by atoms with Crippen molar-refractivity contribution in [1.29, 1.82) is 0 Å². The van der Waals surface area contributed by atoms with Crippen LogP contribution in [0.2, 0.25) is 0 Å². The number of sulfonamides is 1. The van der Waals surface area contributed by atoms with Gasteiger partial charge in [-0.15, -0.1) is 0 Å². The van der Waals surface area contributed by atoms with E-state index >= 15 is 0 Å². The number of anilines is 1. The van der Waals surface area contributed by atoms with Crippen molar-refractivity contribution < 1.29 is 18.0 Å². The van der Waals surface area contributed by atoms with E-state index in [1.165, 1.54) is 6.20 Å². The molecule has 0 bridgehead atoms. The summed E-state index contributed by atoms with van der Waals surface area (Å²) < 4.78 is 33.7. The summed E-state index contributed by atoms with van der Waals surface area (Å²) in [5, 5.41) is 13.5. The molecule has 0 unspecified atom stereocenters. The minimum Gasteiger partial charge on any atom is -0.393 e. The van der Waals surface area contributed by atoms with E-state index in [0.717, 1.165) is 24.1 Å². The average Bonchev–Trinajstić information content (AvgIpc) is 3.48. The number of nitrogen functional groups attached to an aromatic ring is 1. The van der Waals surface area contributed by atoms with Crippen LogP contribution in [-0.2, 0) is 10.0 Å². The van der Waals surface area contributed by atoms with Crippen LogP contribution < -0.4 is 10.5 Å². The lowest BCUT2D eigenvalue weighted by atomic mass is 9.83. The molecule has 2 saturated carbocycles. The van der Waals surface area contributed by atoms with Crippen molar-refractivity contribution in [3.05, 3.63) is 41.7 Å². The van der Waals surface area contributed by atoms with Crippen LogP contribution in [0.5, 0.6) is 0 Å². The Bertz CT molecular complexity index is 1260. The van der Waals surface area contributed by atoms with E-state index in [2.05, 4.69) is 19.8 Å². The van der Waals surface area contributed by atoms with Gasteiger partial charge in [-0.1, -0.05) is 11.2 Å². The largest absolute Gasteiger partial charge is 0.393 e. The van der Waals surface area contributed by atoms with Gasteiger partial charge in [-0.3, -0.25) is 0 Å². The molecular weight excluding hydrogens is 430 g/mol. The minimum absolute atomic E-state index is 0.147. The zero-order valence-electron chi connectivity index (χ0n) is 17.7. The maximum absolute atomic E-state index is 12.8. The van der Waals surface area contributed by atoms with Crippen molar-refractivity contribution in [2.75, 3.05) is 12.3 Å². The molecule has 3 aromatic rings. The van der Waals surface area contributed by atoms with Gasteiger partial charge < -0.3 is 15.4 Å². The third-order valence-corrected chi connectivity index (χ3v) is 7.55. The predicted molar refractivity (Wildman–Crippen MR) is 118 cm³/mol. The van der Waals surface area contributed by atoms with Gasteiger partial charge in [-0.25, -0.2) is 23.1 Å². The lowest BCUT2D eigenvalue weighted by Crippen LogP contribution is -2.38. The van der Waals surface area contributed by atoms with Gasteiger partial charge in [0.1, 0.15) is 0 Å². The Morgan fingerprint density at radius 1 is 1.25 bits per heavy atom. The highest BCUT2D eigenvalue weighted by molar-refractivity contribution is 7.89. The summed E-state index contributed by atoms with van der Waals surface area (Å²) in [6.45, 7) is 2.19. The third-order valence-electron chi connectivity index (χ3n) is 6.13. The number of aryl methyl sites for hydroxylation is 1. The van der Waals surface area contributed by atoms with Crippen molar-refractivity contribution in [1.82, 2.24) is 19.8 Å². The zero-order chi connectivity index (χ0) is 22.5. The molecule has 2 heterocycles. The van der Waals surface area contributed by atoms with E-state index < -0.39 is 10.0 Å². The van der Waals surface area contributed by atoms with Crippen molar-refractivity contribution in [2.24, 2.45) is 5.92 Å². The summed E-state index contributed by atoms with van der Waals surface area (Å²) in [4.78, 5) is 9.04. The maximum atomic E-state index is 12.8. The monoisotopic (exact) mass is 455 g/mol. The number of nitrogens with two attached hydrogens (primary N) is 1. The van der Waals surface area contributed by atoms with Gasteiger partial charge in [0.25, 0.3) is 0 Å². The van der Waals surface area contributed by atoms with Crippen molar-refractivity contribution in [2.45, 2.75) is 49.5 Å². The van der Waals surface area contributed by atoms with Crippen LogP contribution in [0.1, 0.15) is 42.9 Å². The molecule has 2 fully saturated rings. The second-order valence-electron chi connectivity index (χ2n) is 8.70. The molecule has 2 aromatic heterocycles. The fourth-order valence-electron chi connectivity index (χ4n) is 3.90. The molecule has 0 amide bonds. The number of nitrogens with one attached hydrogen (secondary N) is 1. The van der Waals surface area contributed by atoms with E-state index in [1.807, 2.05) is 13.0 Å². The first-order valence-electron chi connectivity index (χ1n) is 10.7.